The number of anilines is 2. The Morgan fingerprint density at radius 1 is 1.54 bits per heavy atom. The second-order valence-corrected chi connectivity index (χ2v) is 6.38. The summed E-state index contributed by atoms with van der Waals surface area (Å²) in [4.78, 5) is 20.7. The van der Waals surface area contributed by atoms with Crippen molar-refractivity contribution in [2.24, 2.45) is 5.92 Å². The molecular weight excluding hydrogens is 342 g/mol. The summed E-state index contributed by atoms with van der Waals surface area (Å²) >= 11 is 5.80. The minimum atomic E-state index is -3.67. The standard InChI is InChI=1S/C15H21ClF2N4O2/c1-3-24-13(23)15(17,18)8-22(10-5-4-9(2)6-10)12-11(19)7-20-14(16)21-12/h7,9-10H,3-6,8,19H2,1-2H3. The first-order valence-electron chi connectivity index (χ1n) is 7.84. The molecule has 2 rings (SSSR count). The smallest absolute Gasteiger partial charge is 0.378 e. The topological polar surface area (TPSA) is 81.3 Å². The number of aromatic nitrogens is 2. The summed E-state index contributed by atoms with van der Waals surface area (Å²) in [7, 11) is 0. The summed E-state index contributed by atoms with van der Waals surface area (Å²) < 4.78 is 33.1. The van der Waals surface area contributed by atoms with Crippen LogP contribution >= 0.6 is 11.6 Å². The lowest BCUT2D eigenvalue weighted by atomic mass is 10.1. The summed E-state index contributed by atoms with van der Waals surface area (Å²) in [5.41, 5.74) is 6.00. The van der Waals surface area contributed by atoms with E-state index >= 15 is 0 Å². The van der Waals surface area contributed by atoms with Gasteiger partial charge in [-0.15, -0.1) is 0 Å². The van der Waals surface area contributed by atoms with E-state index < -0.39 is 18.4 Å². The van der Waals surface area contributed by atoms with Gasteiger partial charge in [-0.3, -0.25) is 0 Å². The third kappa shape index (κ3) is 4.23. The number of halogens is 3. The maximum atomic E-state index is 14.3. The number of hydrogen-bond donors (Lipinski definition) is 1. The highest BCUT2D eigenvalue weighted by Crippen LogP contribution is 2.35. The summed E-state index contributed by atoms with van der Waals surface area (Å²) in [5.74, 6) is -4.71. The maximum absolute atomic E-state index is 14.3. The van der Waals surface area contributed by atoms with Gasteiger partial charge in [0.15, 0.2) is 5.82 Å². The molecule has 6 nitrogen and oxygen atoms in total. The predicted octanol–water partition coefficient (Wildman–Crippen LogP) is 2.91. The first-order valence-corrected chi connectivity index (χ1v) is 8.22. The van der Waals surface area contributed by atoms with Crippen molar-refractivity contribution in [1.82, 2.24) is 9.97 Å². The molecule has 1 fully saturated rings. The quantitative estimate of drug-likeness (QED) is 0.619. The van der Waals surface area contributed by atoms with Crippen LogP contribution in [0, 0.1) is 5.92 Å². The first kappa shape index (κ1) is 18.6. The third-order valence-corrected chi connectivity index (χ3v) is 4.27. The Kier molecular flexibility index (Phi) is 5.79. The third-order valence-electron chi connectivity index (χ3n) is 4.09. The van der Waals surface area contributed by atoms with E-state index in [4.69, 9.17) is 17.3 Å². The molecule has 0 bridgehead atoms. The number of rotatable bonds is 6. The van der Waals surface area contributed by atoms with Crippen LogP contribution in [0.25, 0.3) is 0 Å². The number of esters is 1. The number of hydrogen-bond acceptors (Lipinski definition) is 6. The Bertz CT molecular complexity index is 603. The van der Waals surface area contributed by atoms with Gasteiger partial charge < -0.3 is 15.4 Å². The molecule has 1 aromatic rings. The molecule has 2 unspecified atom stereocenters. The van der Waals surface area contributed by atoms with Gasteiger partial charge in [0.25, 0.3) is 0 Å². The maximum Gasteiger partial charge on any atom is 0.378 e. The van der Waals surface area contributed by atoms with Gasteiger partial charge >= 0.3 is 11.9 Å². The van der Waals surface area contributed by atoms with Crippen molar-refractivity contribution in [2.75, 3.05) is 23.8 Å². The van der Waals surface area contributed by atoms with Crippen molar-refractivity contribution in [3.63, 3.8) is 0 Å². The van der Waals surface area contributed by atoms with Crippen molar-refractivity contribution in [3.8, 4) is 0 Å². The molecule has 1 saturated carbocycles. The molecule has 0 saturated heterocycles. The lowest BCUT2D eigenvalue weighted by Gasteiger charge is -2.33. The fourth-order valence-electron chi connectivity index (χ4n) is 2.94. The zero-order valence-electron chi connectivity index (χ0n) is 13.6. The minimum absolute atomic E-state index is 0.0882. The molecule has 0 aromatic carbocycles. The average molecular weight is 363 g/mol. The highest BCUT2D eigenvalue weighted by atomic mass is 35.5. The number of ether oxygens (including phenoxy) is 1. The molecule has 2 atom stereocenters. The van der Waals surface area contributed by atoms with Crippen LogP contribution in [-0.4, -0.2) is 41.1 Å². The summed E-state index contributed by atoms with van der Waals surface area (Å²) in [6, 6.07) is -0.200. The van der Waals surface area contributed by atoms with Gasteiger partial charge in [0, 0.05) is 6.04 Å². The molecule has 1 aromatic heterocycles. The molecule has 1 heterocycles. The van der Waals surface area contributed by atoms with Crippen LogP contribution < -0.4 is 10.6 Å². The van der Waals surface area contributed by atoms with E-state index in [9.17, 15) is 13.6 Å². The van der Waals surface area contributed by atoms with E-state index in [1.165, 1.54) is 18.0 Å². The zero-order chi connectivity index (χ0) is 17.9. The lowest BCUT2D eigenvalue weighted by molar-refractivity contribution is -0.170. The van der Waals surface area contributed by atoms with E-state index in [-0.39, 0.29) is 29.4 Å². The largest absolute Gasteiger partial charge is 0.462 e. The zero-order valence-corrected chi connectivity index (χ0v) is 14.4. The molecule has 134 valence electrons. The van der Waals surface area contributed by atoms with Crippen LogP contribution in [0.15, 0.2) is 6.20 Å². The number of alkyl halides is 2. The second kappa shape index (κ2) is 7.46. The Morgan fingerprint density at radius 3 is 2.83 bits per heavy atom. The van der Waals surface area contributed by atoms with E-state index in [0.29, 0.717) is 18.8 Å². The first-order chi connectivity index (χ1) is 11.2. The second-order valence-electron chi connectivity index (χ2n) is 6.04. The highest BCUT2D eigenvalue weighted by Gasteiger charge is 2.45. The lowest BCUT2D eigenvalue weighted by Crippen LogP contribution is -2.47. The molecule has 0 radical (unpaired) electrons. The number of nitrogens with two attached hydrogens (primary N) is 1. The molecule has 1 aliphatic rings. The predicted molar refractivity (Wildman–Crippen MR) is 87.2 cm³/mol. The van der Waals surface area contributed by atoms with Crippen LogP contribution in [0.4, 0.5) is 20.3 Å². The highest BCUT2D eigenvalue weighted by molar-refractivity contribution is 6.28. The van der Waals surface area contributed by atoms with Gasteiger partial charge in [0.1, 0.15) is 0 Å². The summed E-state index contributed by atoms with van der Waals surface area (Å²) in [6.45, 7) is 2.56. The van der Waals surface area contributed by atoms with Gasteiger partial charge in [-0.1, -0.05) is 6.92 Å². The summed E-state index contributed by atoms with van der Waals surface area (Å²) in [6.07, 6.45) is 3.60. The SMILES string of the molecule is CCOC(=O)C(F)(F)CN(c1nc(Cl)ncc1N)C1CCC(C)C1. The fraction of sp³-hybridized carbons (Fsp3) is 0.667. The van der Waals surface area contributed by atoms with Gasteiger partial charge in [-0.2, -0.15) is 13.8 Å². The molecule has 9 heteroatoms. The Hall–Kier alpha value is -1.70. The van der Waals surface area contributed by atoms with Crippen molar-refractivity contribution in [2.45, 2.75) is 45.1 Å². The van der Waals surface area contributed by atoms with Crippen molar-refractivity contribution < 1.29 is 18.3 Å². The molecule has 1 aliphatic carbocycles. The minimum Gasteiger partial charge on any atom is -0.462 e. The average Bonchev–Trinajstić information content (AvgIpc) is 2.94. The van der Waals surface area contributed by atoms with E-state index in [1.54, 1.807) is 0 Å². The van der Waals surface area contributed by atoms with Crippen LogP contribution in [0.2, 0.25) is 5.28 Å². The normalized spacial score (nSPS) is 20.9. The van der Waals surface area contributed by atoms with Crippen LogP contribution in [-0.2, 0) is 9.53 Å². The van der Waals surface area contributed by atoms with Gasteiger partial charge in [-0.25, -0.2) is 9.78 Å². The molecule has 0 amide bonds. The monoisotopic (exact) mass is 362 g/mol. The van der Waals surface area contributed by atoms with Crippen LogP contribution in [0.1, 0.15) is 33.1 Å². The van der Waals surface area contributed by atoms with Crippen molar-refractivity contribution >= 4 is 29.1 Å². The van der Waals surface area contributed by atoms with E-state index in [1.807, 2.05) is 0 Å². The Labute approximate surface area is 144 Å². The van der Waals surface area contributed by atoms with Crippen LogP contribution in [0.5, 0.6) is 0 Å². The van der Waals surface area contributed by atoms with E-state index in [0.717, 1.165) is 6.42 Å². The summed E-state index contributed by atoms with van der Waals surface area (Å²) in [5, 5.41) is -0.0882. The molecular formula is C15H21ClF2N4O2. The van der Waals surface area contributed by atoms with Gasteiger partial charge in [-0.05, 0) is 43.7 Å². The van der Waals surface area contributed by atoms with Crippen molar-refractivity contribution in [1.29, 1.82) is 0 Å². The molecule has 2 N–H and O–H groups in total. The number of carbonyl (C=O) groups is 1. The van der Waals surface area contributed by atoms with E-state index in [2.05, 4.69) is 21.6 Å². The van der Waals surface area contributed by atoms with Crippen LogP contribution in [0.3, 0.4) is 0 Å². The Balaban J connectivity index is 2.33. The Morgan fingerprint density at radius 2 is 2.25 bits per heavy atom. The number of nitrogen functional groups attached to an aromatic ring is 1. The molecule has 24 heavy (non-hydrogen) atoms. The van der Waals surface area contributed by atoms with Gasteiger partial charge in [0.05, 0.1) is 25.0 Å². The molecule has 0 aliphatic heterocycles. The number of carbonyl (C=O) groups excluding carboxylic acids is 1. The van der Waals surface area contributed by atoms with Gasteiger partial charge in [0.2, 0.25) is 5.28 Å². The van der Waals surface area contributed by atoms with Crippen molar-refractivity contribution in [3.05, 3.63) is 11.5 Å². The number of nitrogens with zero attached hydrogens (tertiary/aromatic N) is 3. The molecule has 0 spiro atoms. The fourth-order valence-corrected chi connectivity index (χ4v) is 3.07.